The number of carbonyl (C=O) groups is 1. The van der Waals surface area contributed by atoms with Crippen molar-refractivity contribution in [2.75, 3.05) is 18.5 Å². The maximum Gasteiger partial charge on any atom is 0.335 e. The van der Waals surface area contributed by atoms with Gasteiger partial charge in [-0.05, 0) is 30.3 Å². The Balaban J connectivity index is 0.00000182. The number of carboxylic acid groups (broad SMARTS) is 1. The van der Waals surface area contributed by atoms with Gasteiger partial charge in [0.2, 0.25) is 0 Å². The van der Waals surface area contributed by atoms with Gasteiger partial charge in [-0.3, -0.25) is 0 Å². The molecule has 1 aromatic heterocycles. The summed E-state index contributed by atoms with van der Waals surface area (Å²) in [6.45, 7) is 1.06. The molecule has 0 atom stereocenters. The monoisotopic (exact) mass is 359 g/mol. The summed E-state index contributed by atoms with van der Waals surface area (Å²) in [5, 5.41) is 13.0. The molecule has 0 saturated heterocycles. The van der Waals surface area contributed by atoms with Gasteiger partial charge in [-0.1, -0.05) is 0 Å². The number of fused-ring (bicyclic) bond motifs is 2. The maximum absolute atomic E-state index is 11.1. The molecule has 2 heterocycles. The minimum Gasteiger partial charge on any atom is -0.486 e. The highest BCUT2D eigenvalue weighted by Crippen LogP contribution is 2.34. The van der Waals surface area contributed by atoms with Gasteiger partial charge in [-0.2, -0.15) is 0 Å². The van der Waals surface area contributed by atoms with Gasteiger partial charge in [0, 0.05) is 17.1 Å². The van der Waals surface area contributed by atoms with E-state index in [4.69, 9.17) is 14.6 Å². The molecule has 3 aromatic rings. The highest BCUT2D eigenvalue weighted by atomic mass is 35.5. The molecule has 4 rings (SSSR count). The fraction of sp³-hybridized carbons (Fsp3) is 0.118. The Bertz CT molecular complexity index is 948. The molecule has 2 aromatic carbocycles. The van der Waals surface area contributed by atoms with E-state index in [1.54, 1.807) is 6.07 Å². The van der Waals surface area contributed by atoms with Crippen LogP contribution in [0.2, 0.25) is 0 Å². The number of nitrogens with one attached hydrogen (secondary N) is 1. The summed E-state index contributed by atoms with van der Waals surface area (Å²) in [5.41, 5.74) is 1.54. The van der Waals surface area contributed by atoms with Gasteiger partial charge >= 0.3 is 5.97 Å². The SMILES string of the molecule is Cl.O=C(O)c1ccc2c(Nc3ccc4c(c3)OCCO4)ncnc2c1. The number of hydrogen-bond donors (Lipinski definition) is 2. The van der Waals surface area contributed by atoms with Crippen LogP contribution in [0.4, 0.5) is 11.5 Å². The third kappa shape index (κ3) is 3.27. The Morgan fingerprint density at radius 2 is 1.84 bits per heavy atom. The van der Waals surface area contributed by atoms with Gasteiger partial charge in [0.25, 0.3) is 0 Å². The summed E-state index contributed by atoms with van der Waals surface area (Å²) in [6, 6.07) is 10.3. The molecule has 25 heavy (non-hydrogen) atoms. The molecule has 0 unspecified atom stereocenters. The van der Waals surface area contributed by atoms with Gasteiger partial charge in [-0.25, -0.2) is 14.8 Å². The third-order valence-corrected chi connectivity index (χ3v) is 3.69. The highest BCUT2D eigenvalue weighted by molar-refractivity contribution is 5.97. The Morgan fingerprint density at radius 3 is 2.64 bits per heavy atom. The van der Waals surface area contributed by atoms with Gasteiger partial charge < -0.3 is 19.9 Å². The molecule has 0 fully saturated rings. The van der Waals surface area contributed by atoms with Crippen molar-refractivity contribution < 1.29 is 19.4 Å². The molecule has 0 bridgehead atoms. The van der Waals surface area contributed by atoms with Crippen LogP contribution in [0.3, 0.4) is 0 Å². The topological polar surface area (TPSA) is 93.6 Å². The lowest BCUT2D eigenvalue weighted by atomic mass is 10.1. The third-order valence-electron chi connectivity index (χ3n) is 3.69. The predicted molar refractivity (Wildman–Crippen MR) is 94.5 cm³/mol. The predicted octanol–water partition coefficient (Wildman–Crippen LogP) is 3.26. The standard InChI is InChI=1S/C17H13N3O4.ClH/c21-17(22)10-1-3-12-13(7-10)18-9-19-16(12)20-11-2-4-14-15(8-11)24-6-5-23-14;/h1-4,7-9H,5-6H2,(H,21,22)(H,18,19,20);1H. The number of rotatable bonds is 3. The zero-order chi connectivity index (χ0) is 16.5. The lowest BCUT2D eigenvalue weighted by Gasteiger charge is -2.19. The number of benzene rings is 2. The van der Waals surface area contributed by atoms with Crippen molar-refractivity contribution in [3.05, 3.63) is 48.3 Å². The Morgan fingerprint density at radius 1 is 1.04 bits per heavy atom. The first-order valence-corrected chi connectivity index (χ1v) is 7.35. The molecule has 7 nitrogen and oxygen atoms in total. The average Bonchev–Trinajstić information content (AvgIpc) is 2.61. The summed E-state index contributed by atoms with van der Waals surface area (Å²) >= 11 is 0. The normalized spacial score (nSPS) is 12.3. The van der Waals surface area contributed by atoms with E-state index in [1.807, 2.05) is 18.2 Å². The second-order valence-electron chi connectivity index (χ2n) is 5.24. The first-order chi connectivity index (χ1) is 11.7. The summed E-state index contributed by atoms with van der Waals surface area (Å²) in [4.78, 5) is 19.5. The van der Waals surface area contributed by atoms with E-state index in [9.17, 15) is 4.79 Å². The first-order valence-electron chi connectivity index (χ1n) is 7.35. The fourth-order valence-corrected chi connectivity index (χ4v) is 2.55. The number of nitrogens with zero attached hydrogens (tertiary/aromatic N) is 2. The zero-order valence-corrected chi connectivity index (χ0v) is 13.7. The number of aromatic carboxylic acids is 1. The van der Waals surface area contributed by atoms with Crippen LogP contribution in [-0.2, 0) is 0 Å². The summed E-state index contributed by atoms with van der Waals surface area (Å²) in [6.07, 6.45) is 1.40. The molecule has 0 saturated carbocycles. The minimum absolute atomic E-state index is 0. The van der Waals surface area contributed by atoms with Crippen LogP contribution in [0.1, 0.15) is 10.4 Å². The summed E-state index contributed by atoms with van der Waals surface area (Å²) < 4.78 is 11.1. The second-order valence-corrected chi connectivity index (χ2v) is 5.24. The maximum atomic E-state index is 11.1. The van der Waals surface area contributed by atoms with E-state index in [0.717, 1.165) is 11.1 Å². The number of hydrogen-bond acceptors (Lipinski definition) is 6. The first kappa shape index (κ1) is 16.8. The summed E-state index contributed by atoms with van der Waals surface area (Å²) in [5.74, 6) is 0.994. The highest BCUT2D eigenvalue weighted by Gasteiger charge is 2.13. The molecular weight excluding hydrogens is 346 g/mol. The van der Waals surface area contributed by atoms with Crippen LogP contribution in [0.15, 0.2) is 42.7 Å². The van der Waals surface area contributed by atoms with Crippen LogP contribution in [0.5, 0.6) is 11.5 Å². The Labute approximate surface area is 149 Å². The van der Waals surface area contributed by atoms with Gasteiger partial charge in [0.15, 0.2) is 11.5 Å². The van der Waals surface area contributed by atoms with E-state index >= 15 is 0 Å². The summed E-state index contributed by atoms with van der Waals surface area (Å²) in [7, 11) is 0. The van der Waals surface area contributed by atoms with Crippen molar-refractivity contribution in [1.82, 2.24) is 9.97 Å². The van der Waals surface area contributed by atoms with Crippen molar-refractivity contribution >= 4 is 40.8 Å². The number of carboxylic acids is 1. The van der Waals surface area contributed by atoms with E-state index in [1.165, 1.54) is 18.5 Å². The van der Waals surface area contributed by atoms with Crippen LogP contribution in [-0.4, -0.2) is 34.3 Å². The van der Waals surface area contributed by atoms with E-state index in [-0.39, 0.29) is 18.0 Å². The van der Waals surface area contributed by atoms with Gasteiger partial charge in [0.1, 0.15) is 25.4 Å². The van der Waals surface area contributed by atoms with Crippen molar-refractivity contribution in [2.45, 2.75) is 0 Å². The largest absolute Gasteiger partial charge is 0.486 e. The quantitative estimate of drug-likeness (QED) is 0.741. The van der Waals surface area contributed by atoms with E-state index in [2.05, 4.69) is 15.3 Å². The average molecular weight is 360 g/mol. The Hall–Kier alpha value is -3.06. The molecule has 0 radical (unpaired) electrons. The molecule has 0 aliphatic carbocycles. The fourth-order valence-electron chi connectivity index (χ4n) is 2.55. The van der Waals surface area contributed by atoms with Crippen molar-refractivity contribution in [3.8, 4) is 11.5 Å². The number of anilines is 2. The molecule has 8 heteroatoms. The molecular formula is C17H14ClN3O4. The molecule has 2 N–H and O–H groups in total. The molecule has 0 amide bonds. The van der Waals surface area contributed by atoms with Crippen molar-refractivity contribution in [1.29, 1.82) is 0 Å². The molecule has 1 aliphatic rings. The smallest absolute Gasteiger partial charge is 0.335 e. The lowest BCUT2D eigenvalue weighted by Crippen LogP contribution is -2.15. The Kier molecular flexibility index (Phi) is 4.58. The second kappa shape index (κ2) is 6.82. The zero-order valence-electron chi connectivity index (χ0n) is 12.9. The van der Waals surface area contributed by atoms with Gasteiger partial charge in [-0.15, -0.1) is 12.4 Å². The van der Waals surface area contributed by atoms with Crippen LogP contribution < -0.4 is 14.8 Å². The molecule has 0 spiro atoms. The minimum atomic E-state index is -0.989. The number of halogens is 1. The molecule has 1 aliphatic heterocycles. The van der Waals surface area contributed by atoms with Crippen LogP contribution in [0, 0.1) is 0 Å². The van der Waals surface area contributed by atoms with Crippen molar-refractivity contribution in [2.24, 2.45) is 0 Å². The van der Waals surface area contributed by atoms with E-state index in [0.29, 0.717) is 36.0 Å². The molecule has 128 valence electrons. The van der Waals surface area contributed by atoms with Gasteiger partial charge in [0.05, 0.1) is 11.1 Å². The van der Waals surface area contributed by atoms with E-state index < -0.39 is 5.97 Å². The number of aromatic nitrogens is 2. The lowest BCUT2D eigenvalue weighted by molar-refractivity contribution is 0.0697. The number of ether oxygens (including phenoxy) is 2. The van der Waals surface area contributed by atoms with Crippen LogP contribution in [0.25, 0.3) is 10.9 Å². The van der Waals surface area contributed by atoms with Crippen LogP contribution >= 0.6 is 12.4 Å². The van der Waals surface area contributed by atoms with Crippen molar-refractivity contribution in [3.63, 3.8) is 0 Å².